The molecule has 22 heavy (non-hydrogen) atoms. The lowest BCUT2D eigenvalue weighted by molar-refractivity contribution is 0.459. The van der Waals surface area contributed by atoms with E-state index in [2.05, 4.69) is 25.9 Å². The van der Waals surface area contributed by atoms with Crippen molar-refractivity contribution in [2.24, 2.45) is 0 Å². The van der Waals surface area contributed by atoms with Gasteiger partial charge in [0.15, 0.2) is 0 Å². The monoisotopic (exact) mass is 379 g/mol. The summed E-state index contributed by atoms with van der Waals surface area (Å²) in [5.41, 5.74) is 1.10. The average molecular weight is 380 g/mol. The molecule has 7 heteroatoms. The van der Waals surface area contributed by atoms with Crippen molar-refractivity contribution in [2.75, 3.05) is 6.26 Å². The molecule has 0 aliphatic heterocycles. The highest BCUT2D eigenvalue weighted by atomic mass is 79.9. The quantitative estimate of drug-likeness (QED) is 0.500. The molecule has 2 aromatic heterocycles. The van der Waals surface area contributed by atoms with E-state index in [9.17, 15) is 4.39 Å². The number of H-pyrrole nitrogens is 1. The lowest BCUT2D eigenvalue weighted by Crippen LogP contribution is -1.98. The van der Waals surface area contributed by atoms with E-state index in [0.717, 1.165) is 15.4 Å². The topological polar surface area (TPSA) is 61.8 Å². The van der Waals surface area contributed by atoms with Crippen molar-refractivity contribution < 1.29 is 9.13 Å². The van der Waals surface area contributed by atoms with E-state index in [1.165, 1.54) is 30.0 Å². The fourth-order valence-corrected chi connectivity index (χ4v) is 2.92. The number of aromatic amines is 1. The summed E-state index contributed by atoms with van der Waals surface area (Å²) in [6.07, 6.45) is 5.22. The zero-order valence-electron chi connectivity index (χ0n) is 11.5. The van der Waals surface area contributed by atoms with E-state index in [-0.39, 0.29) is 10.6 Å². The molecule has 0 fully saturated rings. The molecule has 0 aliphatic rings. The Morgan fingerprint density at radius 1 is 1.41 bits per heavy atom. The molecule has 112 valence electrons. The molecular weight excluding hydrogens is 369 g/mol. The van der Waals surface area contributed by atoms with Gasteiger partial charge >= 0.3 is 0 Å². The number of nitrogens with one attached hydrogen (secondary N) is 2. The predicted octanol–water partition coefficient (Wildman–Crippen LogP) is 4.95. The van der Waals surface area contributed by atoms with Crippen LogP contribution in [0.3, 0.4) is 0 Å². The number of pyridine rings is 1. The molecule has 0 atom stereocenters. The van der Waals surface area contributed by atoms with Crippen molar-refractivity contribution in [1.29, 1.82) is 5.41 Å². The summed E-state index contributed by atoms with van der Waals surface area (Å²) in [5.74, 6) is 0.374. The Hall–Kier alpha value is -1.86. The smallest absolute Gasteiger partial charge is 0.234 e. The Labute approximate surface area is 138 Å². The van der Waals surface area contributed by atoms with Gasteiger partial charge in [0.1, 0.15) is 11.6 Å². The third-order valence-corrected chi connectivity index (χ3v) is 4.51. The first-order chi connectivity index (χ1) is 10.6. The molecule has 4 nitrogen and oxygen atoms in total. The summed E-state index contributed by atoms with van der Waals surface area (Å²) < 4.78 is 20.2. The number of halogens is 2. The van der Waals surface area contributed by atoms with Gasteiger partial charge in [0.2, 0.25) is 5.88 Å². The van der Waals surface area contributed by atoms with Crippen molar-refractivity contribution in [3.63, 3.8) is 0 Å². The molecule has 3 rings (SSSR count). The van der Waals surface area contributed by atoms with E-state index >= 15 is 0 Å². The number of aromatic nitrogens is 2. The van der Waals surface area contributed by atoms with E-state index in [4.69, 9.17) is 10.1 Å². The molecule has 1 aromatic carbocycles. The Bertz CT molecular complexity index is 865. The number of fused-ring (bicyclic) bond motifs is 1. The van der Waals surface area contributed by atoms with Gasteiger partial charge in [-0.15, -0.1) is 11.8 Å². The average Bonchev–Trinajstić information content (AvgIpc) is 3.00. The minimum atomic E-state index is -0.445. The highest BCUT2D eigenvalue weighted by Crippen LogP contribution is 2.34. The molecule has 2 N–H and O–H groups in total. The Morgan fingerprint density at radius 2 is 2.23 bits per heavy atom. The zero-order valence-corrected chi connectivity index (χ0v) is 13.9. The number of benzene rings is 1. The van der Waals surface area contributed by atoms with E-state index < -0.39 is 5.82 Å². The van der Waals surface area contributed by atoms with Crippen molar-refractivity contribution in [2.45, 2.75) is 0 Å². The number of rotatable bonds is 3. The molecule has 0 unspecified atom stereocenters. The molecule has 0 aliphatic carbocycles. The fraction of sp³-hybridized carbons (Fsp3) is 0.0667. The number of hydrogen-bond donors (Lipinski definition) is 2. The van der Waals surface area contributed by atoms with Gasteiger partial charge in [-0.1, -0.05) is 0 Å². The first kappa shape index (κ1) is 15.1. The second kappa shape index (κ2) is 6.10. The third-order valence-electron chi connectivity index (χ3n) is 3.12. The highest BCUT2D eigenvalue weighted by Gasteiger charge is 2.13. The second-order valence-electron chi connectivity index (χ2n) is 4.46. The largest absolute Gasteiger partial charge is 0.438 e. The molecule has 2 heterocycles. The zero-order chi connectivity index (χ0) is 15.7. The van der Waals surface area contributed by atoms with Crippen LogP contribution >= 0.6 is 27.7 Å². The minimum absolute atomic E-state index is 0.149. The van der Waals surface area contributed by atoms with Gasteiger partial charge in [0, 0.05) is 17.1 Å². The Balaban J connectivity index is 1.98. The van der Waals surface area contributed by atoms with E-state index in [1.807, 2.05) is 12.3 Å². The van der Waals surface area contributed by atoms with Gasteiger partial charge in [-0.2, -0.15) is 0 Å². The molecule has 3 aromatic rings. The molecular formula is C15H11BrFN3OS. The lowest BCUT2D eigenvalue weighted by atomic mass is 10.2. The van der Waals surface area contributed by atoms with Gasteiger partial charge in [-0.3, -0.25) is 5.41 Å². The van der Waals surface area contributed by atoms with Crippen LogP contribution in [-0.4, -0.2) is 21.3 Å². The van der Waals surface area contributed by atoms with Crippen LogP contribution in [0.2, 0.25) is 0 Å². The first-order valence-corrected chi connectivity index (χ1v) is 8.34. The van der Waals surface area contributed by atoms with Crippen LogP contribution in [0.15, 0.2) is 41.1 Å². The fourth-order valence-electron chi connectivity index (χ4n) is 2.01. The van der Waals surface area contributed by atoms with Crippen LogP contribution in [-0.2, 0) is 0 Å². The predicted molar refractivity (Wildman–Crippen MR) is 90.6 cm³/mol. The van der Waals surface area contributed by atoms with Crippen LogP contribution in [0, 0.1) is 11.2 Å². The maximum Gasteiger partial charge on any atom is 0.234 e. The number of hydrogen-bond acceptors (Lipinski definition) is 4. The highest BCUT2D eigenvalue weighted by molar-refractivity contribution is 9.10. The van der Waals surface area contributed by atoms with Gasteiger partial charge < -0.3 is 9.72 Å². The summed E-state index contributed by atoms with van der Waals surface area (Å²) in [5, 5.41) is 8.86. The molecule has 0 amide bonds. The summed E-state index contributed by atoms with van der Waals surface area (Å²) >= 11 is 4.64. The summed E-state index contributed by atoms with van der Waals surface area (Å²) in [4.78, 5) is 7.30. The maximum absolute atomic E-state index is 13.8. The van der Waals surface area contributed by atoms with Gasteiger partial charge in [0.25, 0.3) is 0 Å². The SMILES string of the molecule is CSC(=N)c1cc(Oc2ncc3[nH]ccc3c2Br)ccc1F. The first-order valence-electron chi connectivity index (χ1n) is 6.32. The van der Waals surface area contributed by atoms with Crippen molar-refractivity contribution >= 4 is 43.6 Å². The van der Waals surface area contributed by atoms with Gasteiger partial charge in [-0.25, -0.2) is 9.37 Å². The van der Waals surface area contributed by atoms with Gasteiger partial charge in [-0.05, 0) is 46.5 Å². The second-order valence-corrected chi connectivity index (χ2v) is 6.07. The molecule has 0 radical (unpaired) electrons. The molecule has 0 saturated carbocycles. The third kappa shape index (κ3) is 2.74. The summed E-state index contributed by atoms with van der Waals surface area (Å²) in [7, 11) is 0. The lowest BCUT2D eigenvalue weighted by Gasteiger charge is -2.09. The Morgan fingerprint density at radius 3 is 3.00 bits per heavy atom. The van der Waals surface area contributed by atoms with Crippen LogP contribution in [0.5, 0.6) is 11.6 Å². The van der Waals surface area contributed by atoms with E-state index in [0.29, 0.717) is 11.6 Å². The summed E-state index contributed by atoms with van der Waals surface area (Å²) in [6.45, 7) is 0. The standard InChI is InChI=1S/C15H11BrFN3OS/c1-22-14(18)10-6-8(2-3-11(10)17)21-15-13(16)9-4-5-19-12(9)7-20-15/h2-7,18-19H,1H3. The Kier molecular flexibility index (Phi) is 4.17. The summed E-state index contributed by atoms with van der Waals surface area (Å²) in [6, 6.07) is 6.22. The number of ether oxygens (including phenoxy) is 1. The molecule has 0 bridgehead atoms. The van der Waals surface area contributed by atoms with Crippen molar-refractivity contribution in [3.8, 4) is 11.6 Å². The van der Waals surface area contributed by atoms with Crippen LogP contribution in [0.1, 0.15) is 5.56 Å². The van der Waals surface area contributed by atoms with Crippen molar-refractivity contribution in [1.82, 2.24) is 9.97 Å². The normalized spacial score (nSPS) is 10.9. The van der Waals surface area contributed by atoms with Crippen LogP contribution in [0.4, 0.5) is 4.39 Å². The molecule has 0 saturated heterocycles. The minimum Gasteiger partial charge on any atom is -0.438 e. The number of thioether (sulfide) groups is 1. The van der Waals surface area contributed by atoms with E-state index in [1.54, 1.807) is 12.5 Å². The van der Waals surface area contributed by atoms with Crippen molar-refractivity contribution in [3.05, 3.63) is 52.5 Å². The van der Waals surface area contributed by atoms with Gasteiger partial charge in [0.05, 0.1) is 21.2 Å². The number of nitrogens with zero attached hydrogens (tertiary/aromatic N) is 1. The maximum atomic E-state index is 13.8. The molecule has 0 spiro atoms. The van der Waals surface area contributed by atoms with Crippen LogP contribution < -0.4 is 4.74 Å². The van der Waals surface area contributed by atoms with Crippen LogP contribution in [0.25, 0.3) is 10.9 Å².